The Kier molecular flexibility index (Phi) is 8.41. The molecule has 1 aromatic rings. The summed E-state index contributed by atoms with van der Waals surface area (Å²) in [6, 6.07) is 1.71. The van der Waals surface area contributed by atoms with Crippen molar-refractivity contribution in [3.8, 4) is 5.75 Å². The van der Waals surface area contributed by atoms with Gasteiger partial charge in [0, 0.05) is 18.6 Å². The van der Waals surface area contributed by atoms with E-state index < -0.39 is 0 Å². The number of methoxy groups -OCH3 is 1. The maximum atomic E-state index is 10.5. The molecule has 0 aliphatic rings. The van der Waals surface area contributed by atoms with E-state index in [0.29, 0.717) is 50.3 Å². The third kappa shape index (κ3) is 6.70. The first-order chi connectivity index (χ1) is 8.86. The summed E-state index contributed by atoms with van der Waals surface area (Å²) in [6.45, 7) is 3.24. The molecule has 0 unspecified atom stereocenters. The Balaban J connectivity index is 1.91. The molecule has 0 atom stereocenters. The lowest BCUT2D eigenvalue weighted by Gasteiger charge is -2.06. The van der Waals surface area contributed by atoms with Crippen molar-refractivity contribution >= 4 is 17.6 Å². The van der Waals surface area contributed by atoms with Crippen LogP contribution in [0.5, 0.6) is 5.75 Å². The molecule has 6 heteroatoms. The molecule has 1 rings (SSSR count). The number of rotatable bonds is 11. The monoisotopic (exact) mass is 274 g/mol. The average molecular weight is 274 g/mol. The van der Waals surface area contributed by atoms with Crippen LogP contribution >= 0.6 is 11.3 Å². The Morgan fingerprint density at radius 3 is 2.39 bits per heavy atom. The molecule has 1 aromatic heterocycles. The van der Waals surface area contributed by atoms with E-state index in [9.17, 15) is 4.79 Å². The predicted molar refractivity (Wildman–Crippen MR) is 68.7 cm³/mol. The van der Waals surface area contributed by atoms with Crippen molar-refractivity contribution in [1.82, 2.24) is 0 Å². The van der Waals surface area contributed by atoms with Crippen LogP contribution in [0.25, 0.3) is 0 Å². The fourth-order valence-electron chi connectivity index (χ4n) is 1.15. The van der Waals surface area contributed by atoms with Crippen LogP contribution in [0.15, 0.2) is 11.4 Å². The lowest BCUT2D eigenvalue weighted by atomic mass is 10.5. The van der Waals surface area contributed by atoms with E-state index in [2.05, 4.69) is 0 Å². The molecule has 0 aliphatic carbocycles. The van der Waals surface area contributed by atoms with E-state index >= 15 is 0 Å². The Morgan fingerprint density at radius 1 is 1.11 bits per heavy atom. The molecule has 1 heterocycles. The van der Waals surface area contributed by atoms with Gasteiger partial charge in [0.2, 0.25) is 0 Å². The summed E-state index contributed by atoms with van der Waals surface area (Å²) >= 11 is 1.36. The number of ether oxygens (including phenoxy) is 4. The summed E-state index contributed by atoms with van der Waals surface area (Å²) in [7, 11) is 1.64. The van der Waals surface area contributed by atoms with Crippen LogP contribution in [0, 0.1) is 0 Å². The van der Waals surface area contributed by atoms with Gasteiger partial charge in [0.15, 0.2) is 6.29 Å². The lowest BCUT2D eigenvalue weighted by molar-refractivity contribution is 0.0180. The summed E-state index contributed by atoms with van der Waals surface area (Å²) in [4.78, 5) is 11.1. The number of aldehydes is 1. The second-order valence-electron chi connectivity index (χ2n) is 3.37. The molecule has 102 valence electrons. The van der Waals surface area contributed by atoms with Crippen molar-refractivity contribution in [3.63, 3.8) is 0 Å². The first-order valence-corrected chi connectivity index (χ1v) is 6.55. The first kappa shape index (κ1) is 15.1. The average Bonchev–Trinajstić information content (AvgIpc) is 2.85. The summed E-state index contributed by atoms with van der Waals surface area (Å²) in [6.07, 6.45) is 0.811. The van der Waals surface area contributed by atoms with Crippen LogP contribution in [0.2, 0.25) is 0 Å². The van der Waals surface area contributed by atoms with E-state index in [1.54, 1.807) is 18.6 Å². The van der Waals surface area contributed by atoms with Gasteiger partial charge in [-0.3, -0.25) is 4.79 Å². The zero-order valence-corrected chi connectivity index (χ0v) is 11.2. The maximum absolute atomic E-state index is 10.5. The highest BCUT2D eigenvalue weighted by molar-refractivity contribution is 7.11. The SMILES string of the molecule is COCCOCCOCCOc1csc(C=O)c1. The van der Waals surface area contributed by atoms with Gasteiger partial charge in [-0.1, -0.05) is 0 Å². The molecule has 0 saturated carbocycles. The van der Waals surface area contributed by atoms with Gasteiger partial charge in [-0.15, -0.1) is 11.3 Å². The van der Waals surface area contributed by atoms with Crippen LogP contribution in [0.4, 0.5) is 0 Å². The summed E-state index contributed by atoms with van der Waals surface area (Å²) in [5, 5.41) is 1.80. The van der Waals surface area contributed by atoms with Crippen LogP contribution in [-0.2, 0) is 14.2 Å². The van der Waals surface area contributed by atoms with Crippen molar-refractivity contribution in [2.75, 3.05) is 46.8 Å². The van der Waals surface area contributed by atoms with E-state index in [1.807, 2.05) is 0 Å². The quantitative estimate of drug-likeness (QED) is 0.453. The van der Waals surface area contributed by atoms with Gasteiger partial charge in [0.1, 0.15) is 12.4 Å². The van der Waals surface area contributed by atoms with Crippen LogP contribution in [0.1, 0.15) is 9.67 Å². The predicted octanol–water partition coefficient (Wildman–Crippen LogP) is 1.62. The number of hydrogen-bond donors (Lipinski definition) is 0. The smallest absolute Gasteiger partial charge is 0.160 e. The van der Waals surface area contributed by atoms with Crippen molar-refractivity contribution in [3.05, 3.63) is 16.3 Å². The molecule has 5 nitrogen and oxygen atoms in total. The van der Waals surface area contributed by atoms with Crippen LogP contribution in [-0.4, -0.2) is 53.0 Å². The largest absolute Gasteiger partial charge is 0.490 e. The van der Waals surface area contributed by atoms with Gasteiger partial charge in [-0.25, -0.2) is 0 Å². The molecule has 0 fully saturated rings. The molecule has 18 heavy (non-hydrogen) atoms. The van der Waals surface area contributed by atoms with E-state index in [4.69, 9.17) is 18.9 Å². The summed E-state index contributed by atoms with van der Waals surface area (Å²) in [5.41, 5.74) is 0. The third-order valence-corrected chi connectivity index (χ3v) is 2.85. The molecular weight excluding hydrogens is 256 g/mol. The van der Waals surface area contributed by atoms with E-state index in [1.165, 1.54) is 11.3 Å². The second-order valence-corrected chi connectivity index (χ2v) is 4.31. The van der Waals surface area contributed by atoms with Crippen molar-refractivity contribution in [2.45, 2.75) is 0 Å². The Labute approximate surface area is 111 Å². The Hall–Kier alpha value is -0.950. The minimum absolute atomic E-state index is 0.465. The molecule has 0 radical (unpaired) electrons. The molecule has 0 aromatic carbocycles. The summed E-state index contributed by atoms with van der Waals surface area (Å²) in [5.74, 6) is 0.710. The first-order valence-electron chi connectivity index (χ1n) is 5.67. The van der Waals surface area contributed by atoms with Gasteiger partial charge >= 0.3 is 0 Å². The summed E-state index contributed by atoms with van der Waals surface area (Å²) < 4.78 is 20.8. The number of carbonyl (C=O) groups excluding carboxylic acids is 1. The zero-order valence-electron chi connectivity index (χ0n) is 10.4. The van der Waals surface area contributed by atoms with Gasteiger partial charge < -0.3 is 18.9 Å². The van der Waals surface area contributed by atoms with Crippen LogP contribution < -0.4 is 4.74 Å². The highest BCUT2D eigenvalue weighted by atomic mass is 32.1. The molecule has 0 N–H and O–H groups in total. The highest BCUT2D eigenvalue weighted by Gasteiger charge is 1.99. The van der Waals surface area contributed by atoms with Crippen molar-refractivity contribution < 1.29 is 23.7 Å². The minimum Gasteiger partial charge on any atom is -0.490 e. The Bertz CT molecular complexity index is 326. The minimum atomic E-state index is 0.465. The van der Waals surface area contributed by atoms with Gasteiger partial charge in [-0.05, 0) is 0 Å². The number of thiophene rings is 1. The maximum Gasteiger partial charge on any atom is 0.160 e. The van der Waals surface area contributed by atoms with Gasteiger partial charge in [0.25, 0.3) is 0 Å². The Morgan fingerprint density at radius 2 is 1.78 bits per heavy atom. The second kappa shape index (κ2) is 10.0. The van der Waals surface area contributed by atoms with Crippen molar-refractivity contribution in [2.24, 2.45) is 0 Å². The molecule has 0 bridgehead atoms. The molecule has 0 saturated heterocycles. The highest BCUT2D eigenvalue weighted by Crippen LogP contribution is 2.19. The van der Waals surface area contributed by atoms with Crippen LogP contribution in [0.3, 0.4) is 0 Å². The third-order valence-electron chi connectivity index (χ3n) is 2.01. The normalized spacial score (nSPS) is 10.5. The number of hydrogen-bond acceptors (Lipinski definition) is 6. The standard InChI is InChI=1S/C12H18O5S/c1-14-2-3-15-4-5-16-6-7-17-11-8-12(9-13)18-10-11/h8-10H,2-7H2,1H3. The fraction of sp³-hybridized carbons (Fsp3) is 0.583. The zero-order chi connectivity index (χ0) is 13.1. The molecule has 0 amide bonds. The van der Waals surface area contributed by atoms with E-state index in [0.717, 1.165) is 6.29 Å². The topological polar surface area (TPSA) is 54.0 Å². The lowest BCUT2D eigenvalue weighted by Crippen LogP contribution is -2.12. The molecule has 0 spiro atoms. The number of carbonyl (C=O) groups is 1. The van der Waals surface area contributed by atoms with Crippen molar-refractivity contribution in [1.29, 1.82) is 0 Å². The van der Waals surface area contributed by atoms with Gasteiger partial charge in [0.05, 0.1) is 37.9 Å². The molecule has 0 aliphatic heterocycles. The van der Waals surface area contributed by atoms with Gasteiger partial charge in [-0.2, -0.15) is 0 Å². The van der Waals surface area contributed by atoms with E-state index in [-0.39, 0.29) is 0 Å². The molecular formula is C12H18O5S. The fourth-order valence-corrected chi connectivity index (χ4v) is 1.78.